The van der Waals surface area contributed by atoms with Crippen LogP contribution in [0.3, 0.4) is 0 Å². The Bertz CT molecular complexity index is 606. The number of aromatic nitrogens is 3. The number of nitrogens with one attached hydrogen (secondary N) is 2. The number of nitrogens with zero attached hydrogens (tertiary/aromatic N) is 4. The first-order chi connectivity index (χ1) is 13.3. The van der Waals surface area contributed by atoms with Crippen molar-refractivity contribution in [2.45, 2.75) is 77.8 Å². The van der Waals surface area contributed by atoms with Crippen LogP contribution >= 0.6 is 0 Å². The number of aryl methyl sites for hydroxylation is 1. The Hall–Kier alpha value is -1.63. The van der Waals surface area contributed by atoms with E-state index >= 15 is 0 Å². The van der Waals surface area contributed by atoms with Gasteiger partial charge in [-0.05, 0) is 44.4 Å². The van der Waals surface area contributed by atoms with E-state index in [0.29, 0.717) is 12.0 Å². The molecule has 152 valence electrons. The maximum Gasteiger partial charge on any atom is 0.191 e. The fourth-order valence-corrected chi connectivity index (χ4v) is 4.40. The summed E-state index contributed by atoms with van der Waals surface area (Å²) < 4.78 is 7.91. The van der Waals surface area contributed by atoms with E-state index in [1.165, 1.54) is 44.9 Å². The molecular weight excluding hydrogens is 340 g/mol. The first-order valence-corrected chi connectivity index (χ1v) is 10.7. The Morgan fingerprint density at radius 1 is 1.15 bits per heavy atom. The van der Waals surface area contributed by atoms with Gasteiger partial charge in [0.1, 0.15) is 5.82 Å². The summed E-state index contributed by atoms with van der Waals surface area (Å²) in [6, 6.07) is 0. The summed E-state index contributed by atoms with van der Waals surface area (Å²) >= 11 is 0. The van der Waals surface area contributed by atoms with Crippen LogP contribution in [-0.4, -0.2) is 47.5 Å². The molecule has 1 aliphatic carbocycles. The lowest BCUT2D eigenvalue weighted by Crippen LogP contribution is -2.43. The van der Waals surface area contributed by atoms with Gasteiger partial charge < -0.3 is 19.9 Å². The number of fused-ring (bicyclic) bond motifs is 1. The molecule has 0 spiro atoms. The maximum atomic E-state index is 5.62. The van der Waals surface area contributed by atoms with Crippen LogP contribution < -0.4 is 10.6 Å². The van der Waals surface area contributed by atoms with Crippen molar-refractivity contribution in [2.24, 2.45) is 10.4 Å². The van der Waals surface area contributed by atoms with E-state index in [9.17, 15) is 0 Å². The van der Waals surface area contributed by atoms with Crippen molar-refractivity contribution in [1.82, 2.24) is 25.4 Å². The SMILES string of the molecule is CCOCCC1(CNC(=NC)NCc2nnc3n2CCCCC3)CCCC1. The van der Waals surface area contributed by atoms with Gasteiger partial charge in [0.2, 0.25) is 0 Å². The van der Waals surface area contributed by atoms with E-state index in [-0.39, 0.29) is 0 Å². The van der Waals surface area contributed by atoms with Crippen molar-refractivity contribution in [2.75, 3.05) is 26.8 Å². The molecule has 0 radical (unpaired) electrons. The number of rotatable bonds is 8. The highest BCUT2D eigenvalue weighted by atomic mass is 16.5. The summed E-state index contributed by atoms with van der Waals surface area (Å²) in [5, 5.41) is 15.8. The lowest BCUT2D eigenvalue weighted by atomic mass is 9.83. The van der Waals surface area contributed by atoms with Gasteiger partial charge >= 0.3 is 0 Å². The van der Waals surface area contributed by atoms with Gasteiger partial charge in [-0.2, -0.15) is 0 Å². The van der Waals surface area contributed by atoms with E-state index in [1.807, 2.05) is 7.05 Å². The van der Waals surface area contributed by atoms with E-state index in [2.05, 4.69) is 37.3 Å². The highest BCUT2D eigenvalue weighted by Crippen LogP contribution is 2.40. The van der Waals surface area contributed by atoms with E-state index in [4.69, 9.17) is 4.74 Å². The third-order valence-electron chi connectivity index (χ3n) is 6.10. The number of ether oxygens (including phenoxy) is 1. The fraction of sp³-hybridized carbons (Fsp3) is 0.850. The van der Waals surface area contributed by atoms with Gasteiger partial charge in [0, 0.05) is 39.8 Å². The molecular formula is C20H36N6O. The number of aliphatic imine (C=N–C) groups is 1. The van der Waals surface area contributed by atoms with Gasteiger partial charge in [-0.25, -0.2) is 0 Å². The Balaban J connectivity index is 1.51. The normalized spacial score (nSPS) is 19.6. The molecule has 1 aliphatic heterocycles. The minimum Gasteiger partial charge on any atom is -0.382 e. The van der Waals surface area contributed by atoms with Crippen LogP contribution in [0.15, 0.2) is 4.99 Å². The summed E-state index contributed by atoms with van der Waals surface area (Å²) in [5.41, 5.74) is 0.346. The number of hydrogen-bond acceptors (Lipinski definition) is 4. The standard InChI is InChI=1S/C20H36N6O/c1-3-27-14-12-20(10-6-7-11-20)16-23-19(21-2)22-15-18-25-24-17-9-5-4-8-13-26(17)18/h3-16H2,1-2H3,(H2,21,22,23). The summed E-state index contributed by atoms with van der Waals surface area (Å²) in [6.07, 6.45) is 11.1. The second-order valence-corrected chi connectivity index (χ2v) is 7.93. The molecule has 0 unspecified atom stereocenters. The van der Waals surface area contributed by atoms with Crippen LogP contribution in [0.5, 0.6) is 0 Å². The maximum absolute atomic E-state index is 5.62. The minimum absolute atomic E-state index is 0.346. The highest BCUT2D eigenvalue weighted by Gasteiger charge is 2.33. The Morgan fingerprint density at radius 2 is 2.00 bits per heavy atom. The molecule has 7 nitrogen and oxygen atoms in total. The molecule has 3 rings (SSSR count). The van der Waals surface area contributed by atoms with Gasteiger partial charge in [-0.1, -0.05) is 19.3 Å². The van der Waals surface area contributed by atoms with Crippen LogP contribution in [-0.2, 0) is 24.2 Å². The summed E-state index contributed by atoms with van der Waals surface area (Å²) in [6.45, 7) is 6.38. The Labute approximate surface area is 163 Å². The summed E-state index contributed by atoms with van der Waals surface area (Å²) in [7, 11) is 1.83. The predicted molar refractivity (Wildman–Crippen MR) is 108 cm³/mol. The predicted octanol–water partition coefficient (Wildman–Crippen LogP) is 2.66. The van der Waals surface area contributed by atoms with E-state index in [0.717, 1.165) is 56.8 Å². The van der Waals surface area contributed by atoms with E-state index in [1.54, 1.807) is 0 Å². The molecule has 2 heterocycles. The van der Waals surface area contributed by atoms with Crippen LogP contribution in [0, 0.1) is 5.41 Å². The van der Waals surface area contributed by atoms with Crippen LogP contribution in [0.25, 0.3) is 0 Å². The minimum atomic E-state index is 0.346. The molecule has 0 saturated heterocycles. The zero-order valence-corrected chi connectivity index (χ0v) is 17.1. The monoisotopic (exact) mass is 376 g/mol. The summed E-state index contributed by atoms with van der Waals surface area (Å²) in [5.74, 6) is 3.00. The van der Waals surface area contributed by atoms with Gasteiger partial charge in [-0.3, -0.25) is 4.99 Å². The quantitative estimate of drug-likeness (QED) is 0.414. The second-order valence-electron chi connectivity index (χ2n) is 7.93. The lowest BCUT2D eigenvalue weighted by molar-refractivity contribution is 0.105. The third kappa shape index (κ3) is 5.43. The first-order valence-electron chi connectivity index (χ1n) is 10.7. The molecule has 1 aromatic heterocycles. The average molecular weight is 377 g/mol. The summed E-state index contributed by atoms with van der Waals surface area (Å²) in [4.78, 5) is 4.41. The number of hydrogen-bond donors (Lipinski definition) is 2. The van der Waals surface area contributed by atoms with Crippen molar-refractivity contribution in [1.29, 1.82) is 0 Å². The molecule has 7 heteroatoms. The smallest absolute Gasteiger partial charge is 0.191 e. The Kier molecular flexibility index (Phi) is 7.50. The molecule has 1 fully saturated rings. The van der Waals surface area contributed by atoms with Crippen LogP contribution in [0.2, 0.25) is 0 Å². The lowest BCUT2D eigenvalue weighted by Gasteiger charge is -2.30. The van der Waals surface area contributed by atoms with Gasteiger partial charge in [0.25, 0.3) is 0 Å². The molecule has 0 aromatic carbocycles. The van der Waals surface area contributed by atoms with E-state index < -0.39 is 0 Å². The molecule has 0 bridgehead atoms. The highest BCUT2D eigenvalue weighted by molar-refractivity contribution is 5.79. The van der Waals surface area contributed by atoms with Crippen molar-refractivity contribution in [3.8, 4) is 0 Å². The van der Waals surface area contributed by atoms with Crippen LogP contribution in [0.1, 0.15) is 69.9 Å². The van der Waals surface area contributed by atoms with Crippen LogP contribution in [0.4, 0.5) is 0 Å². The van der Waals surface area contributed by atoms with Gasteiger partial charge in [-0.15, -0.1) is 10.2 Å². The van der Waals surface area contributed by atoms with Crippen molar-refractivity contribution < 1.29 is 4.74 Å². The molecule has 0 atom stereocenters. The molecule has 0 amide bonds. The molecule has 2 N–H and O–H groups in total. The first kappa shape index (κ1) is 20.1. The fourth-order valence-electron chi connectivity index (χ4n) is 4.40. The zero-order valence-electron chi connectivity index (χ0n) is 17.1. The topological polar surface area (TPSA) is 76.4 Å². The van der Waals surface area contributed by atoms with Gasteiger partial charge in [0.15, 0.2) is 11.8 Å². The molecule has 2 aliphatic rings. The van der Waals surface area contributed by atoms with Crippen molar-refractivity contribution in [3.63, 3.8) is 0 Å². The second kappa shape index (κ2) is 10.1. The van der Waals surface area contributed by atoms with Crippen molar-refractivity contribution in [3.05, 3.63) is 11.6 Å². The molecule has 1 aromatic rings. The molecule has 1 saturated carbocycles. The van der Waals surface area contributed by atoms with Gasteiger partial charge in [0.05, 0.1) is 6.54 Å². The third-order valence-corrected chi connectivity index (χ3v) is 6.10. The van der Waals surface area contributed by atoms with Crippen molar-refractivity contribution >= 4 is 5.96 Å². The number of guanidine groups is 1. The zero-order chi connectivity index (χ0) is 19.0. The largest absolute Gasteiger partial charge is 0.382 e. The molecule has 27 heavy (non-hydrogen) atoms. The average Bonchev–Trinajstić information content (AvgIpc) is 3.23. The Morgan fingerprint density at radius 3 is 2.78 bits per heavy atom.